The molecule has 2 fully saturated rings. The zero-order valence-electron chi connectivity index (χ0n) is 8.58. The van der Waals surface area contributed by atoms with E-state index in [1.807, 2.05) is 6.20 Å². The summed E-state index contributed by atoms with van der Waals surface area (Å²) in [6.45, 7) is 3.08. The summed E-state index contributed by atoms with van der Waals surface area (Å²) in [6, 6.07) is 0. The molecule has 3 aliphatic rings. The quantitative estimate of drug-likeness (QED) is 0.451. The minimum absolute atomic E-state index is 0.994. The Labute approximate surface area is 88.9 Å². The summed E-state index contributed by atoms with van der Waals surface area (Å²) in [5.74, 6) is 0. The number of hydrazine groups is 4. The second-order valence-electron chi connectivity index (χ2n) is 3.82. The maximum atomic E-state index is 3.33. The van der Waals surface area contributed by atoms with Gasteiger partial charge in [0.2, 0.25) is 0 Å². The zero-order chi connectivity index (χ0) is 10.1. The molecule has 6 heteroatoms. The third-order valence-electron chi connectivity index (χ3n) is 2.80. The minimum Gasteiger partial charge on any atom is -0.323 e. The van der Waals surface area contributed by atoms with Crippen molar-refractivity contribution in [2.24, 2.45) is 0 Å². The van der Waals surface area contributed by atoms with Crippen molar-refractivity contribution in [3.63, 3.8) is 0 Å². The van der Waals surface area contributed by atoms with Crippen molar-refractivity contribution in [3.8, 4) is 0 Å². The molecule has 3 heterocycles. The highest BCUT2D eigenvalue weighted by molar-refractivity contribution is 5.27. The van der Waals surface area contributed by atoms with Crippen LogP contribution in [0.1, 0.15) is 12.8 Å². The lowest BCUT2D eigenvalue weighted by molar-refractivity contribution is -0.0333. The van der Waals surface area contributed by atoms with Crippen LogP contribution in [0, 0.1) is 0 Å². The average molecular weight is 208 g/mol. The smallest absolute Gasteiger partial charge is 0.0991 e. The highest BCUT2D eigenvalue weighted by atomic mass is 15.9. The van der Waals surface area contributed by atoms with Crippen LogP contribution in [0.4, 0.5) is 0 Å². The second-order valence-corrected chi connectivity index (χ2v) is 3.82. The molecule has 3 aliphatic heterocycles. The van der Waals surface area contributed by atoms with Crippen LogP contribution in [-0.4, -0.2) is 29.9 Å². The third-order valence-corrected chi connectivity index (χ3v) is 2.80. The summed E-state index contributed by atoms with van der Waals surface area (Å²) in [6.07, 6.45) is 6.29. The van der Waals surface area contributed by atoms with Gasteiger partial charge in [0, 0.05) is 32.3 Å². The molecule has 0 bridgehead atoms. The molecule has 0 amide bonds. The van der Waals surface area contributed by atoms with Crippen molar-refractivity contribution >= 4 is 0 Å². The van der Waals surface area contributed by atoms with Crippen LogP contribution in [0.25, 0.3) is 0 Å². The Morgan fingerprint density at radius 2 is 2.27 bits per heavy atom. The lowest BCUT2D eigenvalue weighted by atomic mass is 10.3. The van der Waals surface area contributed by atoms with Gasteiger partial charge >= 0.3 is 0 Å². The van der Waals surface area contributed by atoms with Crippen molar-refractivity contribution in [2.45, 2.75) is 12.8 Å². The van der Waals surface area contributed by atoms with Crippen molar-refractivity contribution in [1.29, 1.82) is 0 Å². The summed E-state index contributed by atoms with van der Waals surface area (Å²) >= 11 is 0. The number of rotatable bonds is 1. The standard InChI is InChI=1S/C9H16N6/c1-4-11-14(7-1)15-9(3-6-12-15)8-2-5-10-13-8/h3,6,10-13H,1-2,4-5,7H2/b9-8-. The van der Waals surface area contributed by atoms with E-state index in [1.54, 1.807) is 0 Å². The minimum atomic E-state index is 0.994. The second kappa shape index (κ2) is 3.73. The first-order chi connectivity index (χ1) is 7.45. The Balaban J connectivity index is 1.81. The van der Waals surface area contributed by atoms with E-state index in [2.05, 4.69) is 38.0 Å². The number of nitrogens with one attached hydrogen (secondary N) is 4. The molecule has 0 saturated carbocycles. The predicted molar refractivity (Wildman–Crippen MR) is 56.2 cm³/mol. The van der Waals surface area contributed by atoms with E-state index in [-0.39, 0.29) is 0 Å². The van der Waals surface area contributed by atoms with E-state index in [4.69, 9.17) is 0 Å². The van der Waals surface area contributed by atoms with Gasteiger partial charge in [-0.25, -0.2) is 16.0 Å². The first kappa shape index (κ1) is 9.02. The molecule has 0 atom stereocenters. The lowest BCUT2D eigenvalue weighted by Crippen LogP contribution is -2.50. The fraction of sp³-hybridized carbons (Fsp3) is 0.556. The molecule has 6 nitrogen and oxygen atoms in total. The maximum absolute atomic E-state index is 3.33. The molecule has 0 aromatic rings. The molecule has 0 unspecified atom stereocenters. The molecule has 0 radical (unpaired) electrons. The van der Waals surface area contributed by atoms with E-state index >= 15 is 0 Å². The molecule has 0 aromatic carbocycles. The van der Waals surface area contributed by atoms with Crippen LogP contribution in [0.5, 0.6) is 0 Å². The van der Waals surface area contributed by atoms with Crippen molar-refractivity contribution < 1.29 is 0 Å². The lowest BCUT2D eigenvalue weighted by Gasteiger charge is -2.30. The zero-order valence-corrected chi connectivity index (χ0v) is 8.58. The van der Waals surface area contributed by atoms with Gasteiger partial charge in [-0.3, -0.25) is 5.43 Å². The fourth-order valence-electron chi connectivity index (χ4n) is 2.05. The number of hydrogen-bond donors (Lipinski definition) is 4. The highest BCUT2D eigenvalue weighted by Crippen LogP contribution is 2.19. The van der Waals surface area contributed by atoms with Gasteiger partial charge in [0.15, 0.2) is 0 Å². The summed E-state index contributed by atoms with van der Waals surface area (Å²) in [5.41, 5.74) is 15.3. The Morgan fingerprint density at radius 1 is 1.27 bits per heavy atom. The van der Waals surface area contributed by atoms with Gasteiger partial charge < -0.3 is 5.43 Å². The maximum Gasteiger partial charge on any atom is 0.0991 e. The predicted octanol–water partition coefficient (Wildman–Crippen LogP) is -0.845. The molecule has 15 heavy (non-hydrogen) atoms. The molecule has 0 aromatic heterocycles. The van der Waals surface area contributed by atoms with E-state index < -0.39 is 0 Å². The van der Waals surface area contributed by atoms with E-state index in [9.17, 15) is 0 Å². The van der Waals surface area contributed by atoms with Gasteiger partial charge in [-0.2, -0.15) is 0 Å². The normalized spacial score (nSPS) is 31.1. The van der Waals surface area contributed by atoms with Gasteiger partial charge in [-0.05, 0) is 12.5 Å². The molecule has 3 rings (SSSR count). The first-order valence-electron chi connectivity index (χ1n) is 5.41. The largest absolute Gasteiger partial charge is 0.323 e. The van der Waals surface area contributed by atoms with Crippen LogP contribution in [0.15, 0.2) is 23.7 Å². The number of nitrogens with zero attached hydrogens (tertiary/aromatic N) is 2. The summed E-state index contributed by atoms with van der Waals surface area (Å²) in [5, 5.41) is 4.17. The van der Waals surface area contributed by atoms with E-state index in [1.165, 1.54) is 17.8 Å². The molecule has 2 saturated heterocycles. The van der Waals surface area contributed by atoms with Crippen molar-refractivity contribution in [1.82, 2.24) is 31.9 Å². The monoisotopic (exact) mass is 208 g/mol. The average Bonchev–Trinajstić information content (AvgIpc) is 3.01. The Bertz CT molecular complexity index is 296. The van der Waals surface area contributed by atoms with Gasteiger partial charge in [-0.1, -0.05) is 0 Å². The number of allylic oxidation sites excluding steroid dienone is 1. The van der Waals surface area contributed by atoms with Gasteiger partial charge in [0.25, 0.3) is 0 Å². The Kier molecular flexibility index (Phi) is 2.24. The van der Waals surface area contributed by atoms with Crippen LogP contribution in [0.3, 0.4) is 0 Å². The Morgan fingerprint density at radius 3 is 3.00 bits per heavy atom. The van der Waals surface area contributed by atoms with E-state index in [0.717, 1.165) is 26.1 Å². The van der Waals surface area contributed by atoms with Crippen molar-refractivity contribution in [3.05, 3.63) is 23.7 Å². The summed E-state index contributed by atoms with van der Waals surface area (Å²) in [7, 11) is 0. The molecular weight excluding hydrogens is 192 g/mol. The topological polar surface area (TPSA) is 54.6 Å². The van der Waals surface area contributed by atoms with Crippen LogP contribution < -0.4 is 21.7 Å². The van der Waals surface area contributed by atoms with Gasteiger partial charge in [-0.15, -0.1) is 5.12 Å². The summed E-state index contributed by atoms with van der Waals surface area (Å²) < 4.78 is 0. The molecule has 0 spiro atoms. The van der Waals surface area contributed by atoms with Gasteiger partial charge in [0.05, 0.1) is 11.4 Å². The van der Waals surface area contributed by atoms with E-state index in [0.29, 0.717) is 0 Å². The van der Waals surface area contributed by atoms with Gasteiger partial charge in [0.1, 0.15) is 0 Å². The van der Waals surface area contributed by atoms with Crippen LogP contribution in [0.2, 0.25) is 0 Å². The molecular formula is C9H16N6. The third kappa shape index (κ3) is 1.56. The van der Waals surface area contributed by atoms with Crippen molar-refractivity contribution in [2.75, 3.05) is 19.6 Å². The molecule has 82 valence electrons. The molecule has 4 N–H and O–H groups in total. The highest BCUT2D eigenvalue weighted by Gasteiger charge is 2.25. The van der Waals surface area contributed by atoms with Crippen LogP contribution >= 0.6 is 0 Å². The fourth-order valence-corrected chi connectivity index (χ4v) is 2.05. The number of hydrogen-bond acceptors (Lipinski definition) is 6. The SMILES string of the molecule is C1=C/C(=C2\CCNN2)N(N2CCCN2)N1. The Hall–Kier alpha value is -1.24. The summed E-state index contributed by atoms with van der Waals surface area (Å²) in [4.78, 5) is 0. The van der Waals surface area contributed by atoms with Crippen LogP contribution in [-0.2, 0) is 0 Å². The first-order valence-corrected chi connectivity index (χ1v) is 5.41. The molecule has 0 aliphatic carbocycles.